The predicted octanol–water partition coefficient (Wildman–Crippen LogP) is 4.06. The summed E-state index contributed by atoms with van der Waals surface area (Å²) in [6.07, 6.45) is 3.55. The minimum atomic E-state index is -1.01. The van der Waals surface area contributed by atoms with Crippen molar-refractivity contribution in [2.75, 3.05) is 6.61 Å². The maximum atomic E-state index is 12.9. The van der Waals surface area contributed by atoms with Crippen molar-refractivity contribution in [3.63, 3.8) is 0 Å². The van der Waals surface area contributed by atoms with Crippen molar-refractivity contribution in [3.05, 3.63) is 59.7 Å². The Morgan fingerprint density at radius 2 is 1.65 bits per heavy atom. The molecule has 2 aromatic carbocycles. The molecule has 2 fully saturated rings. The average molecular weight is 463 g/mol. The Labute approximate surface area is 198 Å². The molecule has 3 N–H and O–H groups in total. The van der Waals surface area contributed by atoms with E-state index >= 15 is 0 Å². The van der Waals surface area contributed by atoms with Gasteiger partial charge < -0.3 is 20.5 Å². The number of alkyl carbamates (subject to hydrolysis) is 1. The number of carboxylic acid groups (broad SMARTS) is 1. The van der Waals surface area contributed by atoms with Gasteiger partial charge >= 0.3 is 12.1 Å². The molecule has 0 spiro atoms. The van der Waals surface area contributed by atoms with E-state index in [9.17, 15) is 14.4 Å². The van der Waals surface area contributed by atoms with Gasteiger partial charge in [0.15, 0.2) is 0 Å². The van der Waals surface area contributed by atoms with Gasteiger partial charge in [-0.3, -0.25) is 9.59 Å². The van der Waals surface area contributed by atoms with Crippen LogP contribution in [0.4, 0.5) is 4.79 Å². The van der Waals surface area contributed by atoms with E-state index in [0.29, 0.717) is 11.8 Å². The Morgan fingerprint density at radius 1 is 0.971 bits per heavy atom. The number of hydrogen-bond donors (Lipinski definition) is 3. The number of amides is 2. The molecular weight excluding hydrogens is 432 g/mol. The van der Waals surface area contributed by atoms with Crippen LogP contribution in [0.2, 0.25) is 0 Å². The van der Waals surface area contributed by atoms with Gasteiger partial charge in [-0.25, -0.2) is 4.79 Å². The number of rotatable bonds is 8. The normalized spacial score (nSPS) is 23.1. The summed E-state index contributed by atoms with van der Waals surface area (Å²) in [4.78, 5) is 36.7. The monoisotopic (exact) mass is 462 g/mol. The summed E-state index contributed by atoms with van der Waals surface area (Å²) in [5.74, 6) is -0.260. The minimum Gasteiger partial charge on any atom is -0.481 e. The second-order valence-corrected chi connectivity index (χ2v) is 9.74. The molecule has 3 aliphatic rings. The quantitative estimate of drug-likeness (QED) is 0.549. The minimum absolute atomic E-state index is 0.0200. The highest BCUT2D eigenvalue weighted by Gasteiger charge is 2.41. The van der Waals surface area contributed by atoms with Crippen LogP contribution in [-0.2, 0) is 14.3 Å². The van der Waals surface area contributed by atoms with Crippen LogP contribution in [-0.4, -0.2) is 41.8 Å². The molecule has 178 valence electrons. The largest absolute Gasteiger partial charge is 0.481 e. The lowest BCUT2D eigenvalue weighted by Gasteiger charge is -2.26. The number of nitrogens with one attached hydrogen (secondary N) is 2. The number of fused-ring (bicyclic) bond motifs is 5. The first kappa shape index (κ1) is 22.4. The zero-order valence-corrected chi connectivity index (χ0v) is 19.0. The van der Waals surface area contributed by atoms with Gasteiger partial charge in [-0.1, -0.05) is 55.0 Å². The summed E-state index contributed by atoms with van der Waals surface area (Å²) >= 11 is 0. The molecule has 0 radical (unpaired) electrons. The fourth-order valence-corrected chi connectivity index (χ4v) is 6.02. The van der Waals surface area contributed by atoms with Crippen LogP contribution >= 0.6 is 0 Å². The van der Waals surface area contributed by atoms with Crippen molar-refractivity contribution in [2.24, 2.45) is 11.8 Å². The van der Waals surface area contributed by atoms with Gasteiger partial charge in [-0.05, 0) is 59.8 Å². The van der Waals surface area contributed by atoms with Gasteiger partial charge in [0.25, 0.3) is 0 Å². The second kappa shape index (κ2) is 9.49. The maximum absolute atomic E-state index is 12.9. The van der Waals surface area contributed by atoms with E-state index in [1.165, 1.54) is 6.42 Å². The third-order valence-corrected chi connectivity index (χ3v) is 7.66. The van der Waals surface area contributed by atoms with Crippen LogP contribution in [0.15, 0.2) is 48.5 Å². The first-order valence-corrected chi connectivity index (χ1v) is 12.1. The van der Waals surface area contributed by atoms with Crippen LogP contribution in [0.3, 0.4) is 0 Å². The van der Waals surface area contributed by atoms with Crippen LogP contribution in [0.5, 0.6) is 0 Å². The summed E-state index contributed by atoms with van der Waals surface area (Å²) < 4.78 is 5.57. The molecule has 0 aromatic heterocycles. The number of carboxylic acids is 1. The SMILES string of the molecule is O=C(O)CCC(NC(=O)OCC1c2ccccc2-c2ccccc21)C(=O)NC1CC2CCC1C2. The number of hydrogen-bond acceptors (Lipinski definition) is 4. The molecular formula is C27H30N2O5. The molecule has 5 rings (SSSR count). The molecule has 2 amide bonds. The number of ether oxygens (including phenoxy) is 1. The first-order chi connectivity index (χ1) is 16.5. The van der Waals surface area contributed by atoms with Crippen LogP contribution in [0.1, 0.15) is 55.6 Å². The lowest BCUT2D eigenvalue weighted by atomic mass is 9.95. The molecule has 34 heavy (non-hydrogen) atoms. The molecule has 0 saturated heterocycles. The zero-order valence-electron chi connectivity index (χ0n) is 19.0. The second-order valence-electron chi connectivity index (χ2n) is 9.74. The maximum Gasteiger partial charge on any atom is 0.407 e. The third kappa shape index (κ3) is 4.52. The van der Waals surface area contributed by atoms with E-state index in [1.54, 1.807) is 0 Å². The summed E-state index contributed by atoms with van der Waals surface area (Å²) in [5.41, 5.74) is 4.48. The van der Waals surface area contributed by atoms with Gasteiger partial charge in [0.2, 0.25) is 5.91 Å². The molecule has 4 atom stereocenters. The Kier molecular flexibility index (Phi) is 6.26. The third-order valence-electron chi connectivity index (χ3n) is 7.66. The first-order valence-electron chi connectivity index (χ1n) is 12.1. The highest BCUT2D eigenvalue weighted by Crippen LogP contribution is 2.45. The highest BCUT2D eigenvalue weighted by molar-refractivity contribution is 5.86. The van der Waals surface area contributed by atoms with Gasteiger partial charge in [0, 0.05) is 18.4 Å². The number of carbonyl (C=O) groups is 3. The molecule has 0 heterocycles. The van der Waals surface area contributed by atoms with Gasteiger partial charge in [0.1, 0.15) is 12.6 Å². The fourth-order valence-electron chi connectivity index (χ4n) is 6.02. The summed E-state index contributed by atoms with van der Waals surface area (Å²) in [7, 11) is 0. The van der Waals surface area contributed by atoms with Crippen molar-refractivity contribution >= 4 is 18.0 Å². The Bertz CT molecular complexity index is 1050. The van der Waals surface area contributed by atoms with E-state index in [2.05, 4.69) is 22.8 Å². The lowest BCUT2D eigenvalue weighted by Crippen LogP contribution is -2.51. The molecule has 0 aliphatic heterocycles. The Morgan fingerprint density at radius 3 is 2.24 bits per heavy atom. The van der Waals surface area contributed by atoms with E-state index in [4.69, 9.17) is 9.84 Å². The average Bonchev–Trinajstić information content (AvgIpc) is 3.53. The van der Waals surface area contributed by atoms with Crippen LogP contribution in [0, 0.1) is 11.8 Å². The topological polar surface area (TPSA) is 105 Å². The van der Waals surface area contributed by atoms with Crippen molar-refractivity contribution < 1.29 is 24.2 Å². The van der Waals surface area contributed by atoms with Crippen molar-refractivity contribution in [1.82, 2.24) is 10.6 Å². The van der Waals surface area contributed by atoms with Gasteiger partial charge in [-0.15, -0.1) is 0 Å². The predicted molar refractivity (Wildman–Crippen MR) is 126 cm³/mol. The van der Waals surface area contributed by atoms with Crippen molar-refractivity contribution in [2.45, 2.75) is 56.5 Å². The van der Waals surface area contributed by atoms with Crippen molar-refractivity contribution in [1.29, 1.82) is 0 Å². The standard InChI is InChI=1S/C27H30N2O5/c30-25(31)12-11-23(26(32)28-24-14-16-9-10-17(24)13-16)29-27(33)34-15-22-20-7-3-1-5-18(20)19-6-2-4-8-21(19)22/h1-8,16-17,22-24H,9-15H2,(H,28,32)(H,29,33)(H,30,31). The van der Waals surface area contributed by atoms with E-state index in [1.807, 2.05) is 36.4 Å². The van der Waals surface area contributed by atoms with Gasteiger partial charge in [0.05, 0.1) is 0 Å². The molecule has 3 aliphatic carbocycles. The molecule has 7 heteroatoms. The zero-order chi connectivity index (χ0) is 23.7. The molecule has 4 unspecified atom stereocenters. The van der Waals surface area contributed by atoms with Crippen LogP contribution < -0.4 is 10.6 Å². The van der Waals surface area contributed by atoms with Crippen LogP contribution in [0.25, 0.3) is 11.1 Å². The molecule has 2 bridgehead atoms. The lowest BCUT2D eigenvalue weighted by molar-refractivity contribution is -0.137. The van der Waals surface area contributed by atoms with Gasteiger partial charge in [-0.2, -0.15) is 0 Å². The number of aliphatic carboxylic acids is 1. The van der Waals surface area contributed by atoms with E-state index in [-0.39, 0.29) is 37.3 Å². The summed E-state index contributed by atoms with van der Waals surface area (Å²) in [5, 5.41) is 14.8. The van der Waals surface area contributed by atoms with Crippen molar-refractivity contribution in [3.8, 4) is 11.1 Å². The summed E-state index contributed by atoms with van der Waals surface area (Å²) in [6.45, 7) is 0.138. The molecule has 2 saturated carbocycles. The molecule has 2 aromatic rings. The molecule has 7 nitrogen and oxygen atoms in total. The number of benzene rings is 2. The smallest absolute Gasteiger partial charge is 0.407 e. The number of carbonyl (C=O) groups excluding carboxylic acids is 2. The fraction of sp³-hybridized carbons (Fsp3) is 0.444. The Hall–Kier alpha value is -3.35. The highest BCUT2D eigenvalue weighted by atomic mass is 16.5. The van der Waals surface area contributed by atoms with E-state index < -0.39 is 18.1 Å². The Balaban J connectivity index is 1.22. The van der Waals surface area contributed by atoms with E-state index in [0.717, 1.165) is 41.5 Å². The summed E-state index contributed by atoms with van der Waals surface area (Å²) in [6, 6.07) is 15.3.